The second-order valence-electron chi connectivity index (χ2n) is 4.17. The number of hydrogen-bond donors (Lipinski definition) is 2. The van der Waals surface area contributed by atoms with Crippen LogP contribution in [0.1, 0.15) is 25.8 Å². The quantitative estimate of drug-likeness (QED) is 0.785. The fraction of sp³-hybridized carbons (Fsp3) is 0.429. The normalized spacial score (nSPS) is 11.7. The monoisotopic (exact) mass is 265 g/mol. The molecule has 5 heteroatoms. The fourth-order valence-electron chi connectivity index (χ4n) is 1.63. The first-order chi connectivity index (χ1) is 9.04. The van der Waals surface area contributed by atoms with Crippen LogP contribution >= 0.6 is 0 Å². The van der Waals surface area contributed by atoms with E-state index in [9.17, 15) is 9.59 Å². The van der Waals surface area contributed by atoms with Crippen molar-refractivity contribution in [3.63, 3.8) is 0 Å². The molecular weight excluding hydrogens is 246 g/mol. The molecule has 0 aliphatic carbocycles. The van der Waals surface area contributed by atoms with Gasteiger partial charge < -0.3 is 15.2 Å². The number of nitrogens with one attached hydrogen (secondary N) is 1. The fourth-order valence-corrected chi connectivity index (χ4v) is 1.63. The molecule has 0 aliphatic rings. The molecule has 1 atom stereocenters. The number of hydrogen-bond acceptors (Lipinski definition) is 3. The van der Waals surface area contributed by atoms with Crippen molar-refractivity contribution in [3.05, 3.63) is 29.8 Å². The van der Waals surface area contributed by atoms with E-state index in [0.717, 1.165) is 11.3 Å². The maximum Gasteiger partial charge on any atom is 0.325 e. The number of carboxylic acid groups (broad SMARTS) is 1. The summed E-state index contributed by atoms with van der Waals surface area (Å²) >= 11 is 0. The van der Waals surface area contributed by atoms with Crippen molar-refractivity contribution in [2.24, 2.45) is 0 Å². The molecule has 5 nitrogen and oxygen atoms in total. The minimum absolute atomic E-state index is 0.238. The summed E-state index contributed by atoms with van der Waals surface area (Å²) in [6.45, 7) is 3.91. The number of aliphatic carboxylic acids is 1. The Kier molecular flexibility index (Phi) is 5.85. The lowest BCUT2D eigenvalue weighted by Gasteiger charge is -2.11. The Morgan fingerprint density at radius 1 is 1.37 bits per heavy atom. The third-order valence-electron chi connectivity index (χ3n) is 2.64. The highest BCUT2D eigenvalue weighted by molar-refractivity contribution is 5.83. The number of rotatable bonds is 7. The zero-order chi connectivity index (χ0) is 14.3. The van der Waals surface area contributed by atoms with Gasteiger partial charge in [0.05, 0.1) is 6.61 Å². The van der Waals surface area contributed by atoms with E-state index < -0.39 is 12.0 Å². The summed E-state index contributed by atoms with van der Waals surface area (Å²) < 4.78 is 5.46. The first-order valence-corrected chi connectivity index (χ1v) is 6.27. The zero-order valence-electron chi connectivity index (χ0n) is 11.2. The van der Waals surface area contributed by atoms with Gasteiger partial charge in [-0.1, -0.05) is 18.2 Å². The van der Waals surface area contributed by atoms with E-state index in [4.69, 9.17) is 9.84 Å². The number of carbonyl (C=O) groups excluding carboxylic acids is 1. The molecule has 0 aromatic heterocycles. The van der Waals surface area contributed by atoms with Crippen LogP contribution in [0.2, 0.25) is 0 Å². The minimum Gasteiger partial charge on any atom is -0.494 e. The summed E-state index contributed by atoms with van der Waals surface area (Å²) in [6, 6.07) is 6.65. The number of benzene rings is 1. The molecule has 1 amide bonds. The van der Waals surface area contributed by atoms with Gasteiger partial charge in [-0.2, -0.15) is 0 Å². The molecule has 1 aromatic rings. The predicted molar refractivity (Wildman–Crippen MR) is 71.2 cm³/mol. The molecule has 0 spiro atoms. The molecule has 1 rings (SSSR count). The summed E-state index contributed by atoms with van der Waals surface area (Å²) in [4.78, 5) is 22.2. The lowest BCUT2D eigenvalue weighted by atomic mass is 10.1. The second-order valence-corrected chi connectivity index (χ2v) is 4.17. The van der Waals surface area contributed by atoms with Crippen molar-refractivity contribution in [1.29, 1.82) is 0 Å². The van der Waals surface area contributed by atoms with Crippen LogP contribution in [0.4, 0.5) is 0 Å². The largest absolute Gasteiger partial charge is 0.494 e. The molecular formula is C14H19NO4. The lowest BCUT2D eigenvalue weighted by Crippen LogP contribution is -2.38. The maximum atomic E-state index is 11.6. The average molecular weight is 265 g/mol. The average Bonchev–Trinajstić information content (AvgIpc) is 2.38. The lowest BCUT2D eigenvalue weighted by molar-refractivity contribution is -0.141. The zero-order valence-corrected chi connectivity index (χ0v) is 11.2. The van der Waals surface area contributed by atoms with Gasteiger partial charge in [-0.05, 0) is 31.9 Å². The van der Waals surface area contributed by atoms with Gasteiger partial charge in [-0.25, -0.2) is 0 Å². The number of amides is 1. The topological polar surface area (TPSA) is 75.6 Å². The molecule has 19 heavy (non-hydrogen) atoms. The van der Waals surface area contributed by atoms with Crippen LogP contribution in [-0.4, -0.2) is 29.6 Å². The number of ether oxygens (including phenoxy) is 1. The maximum absolute atomic E-state index is 11.6. The Bertz CT molecular complexity index is 445. The van der Waals surface area contributed by atoms with Crippen LogP contribution in [0.15, 0.2) is 24.3 Å². The molecule has 0 radical (unpaired) electrons. The van der Waals surface area contributed by atoms with E-state index in [0.29, 0.717) is 13.0 Å². The Morgan fingerprint density at radius 2 is 2.05 bits per heavy atom. The van der Waals surface area contributed by atoms with E-state index in [1.54, 1.807) is 0 Å². The van der Waals surface area contributed by atoms with E-state index >= 15 is 0 Å². The first-order valence-electron chi connectivity index (χ1n) is 6.27. The Morgan fingerprint density at radius 3 is 2.68 bits per heavy atom. The van der Waals surface area contributed by atoms with Crippen molar-refractivity contribution < 1.29 is 19.4 Å². The van der Waals surface area contributed by atoms with E-state index in [2.05, 4.69) is 5.32 Å². The molecule has 0 fully saturated rings. The highest BCUT2D eigenvalue weighted by atomic mass is 16.5. The molecule has 0 aliphatic heterocycles. The van der Waals surface area contributed by atoms with Gasteiger partial charge in [0, 0.05) is 6.42 Å². The van der Waals surface area contributed by atoms with Crippen LogP contribution in [0.25, 0.3) is 0 Å². The Labute approximate surface area is 112 Å². The van der Waals surface area contributed by atoms with Crippen molar-refractivity contribution in [2.75, 3.05) is 6.61 Å². The second kappa shape index (κ2) is 7.41. The Hall–Kier alpha value is -2.04. The van der Waals surface area contributed by atoms with Crippen molar-refractivity contribution >= 4 is 11.9 Å². The van der Waals surface area contributed by atoms with E-state index in [1.807, 2.05) is 31.2 Å². The molecule has 0 saturated carbocycles. The molecule has 1 aromatic carbocycles. The smallest absolute Gasteiger partial charge is 0.325 e. The molecule has 0 saturated heterocycles. The Balaban J connectivity index is 2.52. The molecule has 2 N–H and O–H groups in total. The molecule has 0 heterocycles. The minimum atomic E-state index is -1.04. The van der Waals surface area contributed by atoms with Crippen molar-refractivity contribution in [3.8, 4) is 5.75 Å². The summed E-state index contributed by atoms with van der Waals surface area (Å²) in [5, 5.41) is 11.1. The summed E-state index contributed by atoms with van der Waals surface area (Å²) in [5.41, 5.74) is 0.947. The summed E-state index contributed by atoms with van der Waals surface area (Å²) in [7, 11) is 0. The number of para-hydroxylation sites is 1. The van der Waals surface area contributed by atoms with Gasteiger partial charge in [-0.3, -0.25) is 9.59 Å². The van der Waals surface area contributed by atoms with Gasteiger partial charge in [0.2, 0.25) is 5.91 Å². The molecule has 0 bridgehead atoms. The summed E-state index contributed by atoms with van der Waals surface area (Å²) in [6.07, 6.45) is 0.760. The molecule has 0 unspecified atom stereocenters. The SMILES string of the molecule is CCOc1ccccc1CCC(=O)N[C@H](C)C(=O)O. The van der Waals surface area contributed by atoms with Crippen LogP contribution in [-0.2, 0) is 16.0 Å². The highest BCUT2D eigenvalue weighted by Crippen LogP contribution is 2.19. The molecule has 104 valence electrons. The first kappa shape index (κ1) is 15.0. The van der Waals surface area contributed by atoms with E-state index in [-0.39, 0.29) is 12.3 Å². The van der Waals surface area contributed by atoms with Gasteiger partial charge in [0.1, 0.15) is 11.8 Å². The van der Waals surface area contributed by atoms with E-state index in [1.165, 1.54) is 6.92 Å². The summed E-state index contributed by atoms with van der Waals surface area (Å²) in [5.74, 6) is -0.548. The van der Waals surface area contributed by atoms with Crippen molar-refractivity contribution in [1.82, 2.24) is 5.32 Å². The number of carbonyl (C=O) groups is 2. The number of carboxylic acids is 1. The highest BCUT2D eigenvalue weighted by Gasteiger charge is 2.14. The van der Waals surface area contributed by atoms with Crippen LogP contribution in [0.3, 0.4) is 0 Å². The van der Waals surface area contributed by atoms with Crippen LogP contribution in [0.5, 0.6) is 5.75 Å². The third-order valence-corrected chi connectivity index (χ3v) is 2.64. The van der Waals surface area contributed by atoms with Gasteiger partial charge in [0.15, 0.2) is 0 Å². The van der Waals surface area contributed by atoms with Gasteiger partial charge >= 0.3 is 5.97 Å². The van der Waals surface area contributed by atoms with Crippen LogP contribution < -0.4 is 10.1 Å². The van der Waals surface area contributed by atoms with Gasteiger partial charge in [-0.15, -0.1) is 0 Å². The van der Waals surface area contributed by atoms with Crippen LogP contribution in [0, 0.1) is 0 Å². The number of aryl methyl sites for hydroxylation is 1. The standard InChI is InChI=1S/C14H19NO4/c1-3-19-12-7-5-4-6-11(12)8-9-13(16)15-10(2)14(17)18/h4-7,10H,3,8-9H2,1-2H3,(H,15,16)(H,17,18)/t10-/m1/s1. The van der Waals surface area contributed by atoms with Crippen molar-refractivity contribution in [2.45, 2.75) is 32.7 Å². The van der Waals surface area contributed by atoms with Gasteiger partial charge in [0.25, 0.3) is 0 Å². The third kappa shape index (κ3) is 4.99. The predicted octanol–water partition coefficient (Wildman–Crippen LogP) is 1.61.